The molecule has 0 aliphatic heterocycles. The molecule has 1 amide bonds. The minimum absolute atomic E-state index is 0.0376. The molecule has 1 unspecified atom stereocenters. The smallest absolute Gasteiger partial charge is 0.220 e. The summed E-state index contributed by atoms with van der Waals surface area (Å²) in [6.45, 7) is 0.690. The van der Waals surface area contributed by atoms with Crippen LogP contribution in [-0.4, -0.2) is 24.6 Å². The second-order valence-electron chi connectivity index (χ2n) is 5.12. The third-order valence-corrected chi connectivity index (χ3v) is 3.42. The van der Waals surface area contributed by atoms with Gasteiger partial charge in [0.05, 0.1) is 11.7 Å². The first-order chi connectivity index (χ1) is 10.8. The van der Waals surface area contributed by atoms with Gasteiger partial charge < -0.3 is 10.1 Å². The number of carbonyl (C=O) groups is 1. The second-order valence-corrected chi connectivity index (χ2v) is 5.12. The molecule has 1 aromatic heterocycles. The molecule has 1 aromatic carbocycles. The summed E-state index contributed by atoms with van der Waals surface area (Å²) in [6.07, 6.45) is 3.96. The summed E-state index contributed by atoms with van der Waals surface area (Å²) in [5.41, 5.74) is 1.88. The molecule has 0 aliphatic rings. The van der Waals surface area contributed by atoms with Crippen molar-refractivity contribution < 1.29 is 9.53 Å². The molecule has 2 rings (SSSR count). The predicted octanol–water partition coefficient (Wildman–Crippen LogP) is 3.10. The molecule has 0 saturated heterocycles. The molecule has 1 atom stereocenters. The van der Waals surface area contributed by atoms with Gasteiger partial charge in [0, 0.05) is 26.3 Å². The number of ether oxygens (including phenoxy) is 1. The first-order valence-electron chi connectivity index (χ1n) is 7.55. The number of hydrogen-bond acceptors (Lipinski definition) is 3. The largest absolute Gasteiger partial charge is 0.385 e. The van der Waals surface area contributed by atoms with Crippen molar-refractivity contribution in [2.45, 2.75) is 25.3 Å². The van der Waals surface area contributed by atoms with Gasteiger partial charge in [-0.2, -0.15) is 0 Å². The van der Waals surface area contributed by atoms with Gasteiger partial charge in [-0.15, -0.1) is 0 Å². The maximum absolute atomic E-state index is 12.2. The van der Waals surface area contributed by atoms with Crippen molar-refractivity contribution in [1.82, 2.24) is 10.3 Å². The first kappa shape index (κ1) is 16.2. The van der Waals surface area contributed by atoms with Crippen LogP contribution in [0, 0.1) is 0 Å². The Bertz CT molecular complexity index is 518. The van der Waals surface area contributed by atoms with Gasteiger partial charge in [-0.25, -0.2) is 0 Å². The summed E-state index contributed by atoms with van der Waals surface area (Å²) < 4.78 is 5.00. The number of hydrogen-bond donors (Lipinski definition) is 1. The van der Waals surface area contributed by atoms with Crippen LogP contribution in [-0.2, 0) is 9.53 Å². The third-order valence-electron chi connectivity index (χ3n) is 3.42. The molecule has 0 saturated carbocycles. The van der Waals surface area contributed by atoms with Gasteiger partial charge >= 0.3 is 0 Å². The highest BCUT2D eigenvalue weighted by Crippen LogP contribution is 2.20. The standard InChI is InChI=1S/C18H22N2O2/c1-22-14-8-6-12-17(21)20-18(15-9-3-2-4-10-15)16-11-5-7-13-19-16/h2-5,7,9-11,13,18H,6,8,12,14H2,1H3,(H,20,21). The fourth-order valence-corrected chi connectivity index (χ4v) is 2.29. The van der Waals surface area contributed by atoms with E-state index in [2.05, 4.69) is 10.3 Å². The van der Waals surface area contributed by atoms with E-state index in [-0.39, 0.29) is 11.9 Å². The quantitative estimate of drug-likeness (QED) is 0.762. The highest BCUT2D eigenvalue weighted by molar-refractivity contribution is 5.76. The maximum Gasteiger partial charge on any atom is 0.220 e. The Morgan fingerprint density at radius 1 is 1.14 bits per heavy atom. The molecule has 116 valence electrons. The van der Waals surface area contributed by atoms with E-state index < -0.39 is 0 Å². The summed E-state index contributed by atoms with van der Waals surface area (Å²) in [6, 6.07) is 15.4. The lowest BCUT2D eigenvalue weighted by molar-refractivity contribution is -0.121. The Morgan fingerprint density at radius 3 is 2.59 bits per heavy atom. The normalized spacial score (nSPS) is 11.9. The van der Waals surface area contributed by atoms with E-state index in [0.717, 1.165) is 24.1 Å². The summed E-state index contributed by atoms with van der Waals surface area (Å²) in [5.74, 6) is 0.0376. The average Bonchev–Trinajstić information content (AvgIpc) is 2.58. The van der Waals surface area contributed by atoms with Crippen molar-refractivity contribution in [2.75, 3.05) is 13.7 Å². The van der Waals surface area contributed by atoms with Crippen LogP contribution >= 0.6 is 0 Å². The van der Waals surface area contributed by atoms with Crippen LogP contribution in [0.1, 0.15) is 36.6 Å². The molecule has 0 spiro atoms. The van der Waals surface area contributed by atoms with E-state index in [1.54, 1.807) is 13.3 Å². The van der Waals surface area contributed by atoms with Gasteiger partial charge in [-0.1, -0.05) is 36.4 Å². The Labute approximate surface area is 131 Å². The van der Waals surface area contributed by atoms with E-state index in [0.29, 0.717) is 13.0 Å². The van der Waals surface area contributed by atoms with Gasteiger partial charge in [0.1, 0.15) is 0 Å². The van der Waals surface area contributed by atoms with Crippen LogP contribution in [0.15, 0.2) is 54.7 Å². The van der Waals surface area contributed by atoms with Crippen molar-refractivity contribution in [2.24, 2.45) is 0 Å². The van der Waals surface area contributed by atoms with Crippen molar-refractivity contribution in [3.05, 3.63) is 66.0 Å². The molecule has 4 nitrogen and oxygen atoms in total. The minimum Gasteiger partial charge on any atom is -0.385 e. The predicted molar refractivity (Wildman–Crippen MR) is 86.4 cm³/mol. The van der Waals surface area contributed by atoms with Crippen molar-refractivity contribution in [1.29, 1.82) is 0 Å². The number of pyridine rings is 1. The monoisotopic (exact) mass is 298 g/mol. The number of aromatic nitrogens is 1. The number of nitrogens with zero attached hydrogens (tertiary/aromatic N) is 1. The maximum atomic E-state index is 12.2. The lowest BCUT2D eigenvalue weighted by Gasteiger charge is -2.19. The van der Waals surface area contributed by atoms with Crippen molar-refractivity contribution in [3.63, 3.8) is 0 Å². The van der Waals surface area contributed by atoms with E-state index >= 15 is 0 Å². The van der Waals surface area contributed by atoms with Gasteiger partial charge in [0.15, 0.2) is 0 Å². The van der Waals surface area contributed by atoms with Gasteiger partial charge in [0.2, 0.25) is 5.91 Å². The zero-order chi connectivity index (χ0) is 15.6. The topological polar surface area (TPSA) is 51.2 Å². The zero-order valence-corrected chi connectivity index (χ0v) is 12.9. The zero-order valence-electron chi connectivity index (χ0n) is 12.9. The molecular formula is C18H22N2O2. The lowest BCUT2D eigenvalue weighted by atomic mass is 10.0. The second kappa shape index (κ2) is 8.95. The average molecular weight is 298 g/mol. The van der Waals surface area contributed by atoms with E-state index in [1.807, 2.05) is 48.5 Å². The number of nitrogens with one attached hydrogen (secondary N) is 1. The molecular weight excluding hydrogens is 276 g/mol. The van der Waals surface area contributed by atoms with Crippen LogP contribution in [0.3, 0.4) is 0 Å². The Morgan fingerprint density at radius 2 is 1.91 bits per heavy atom. The Hall–Kier alpha value is -2.20. The van der Waals surface area contributed by atoms with Gasteiger partial charge in [-0.05, 0) is 30.5 Å². The Kier molecular flexibility index (Phi) is 6.58. The summed E-state index contributed by atoms with van der Waals surface area (Å²) in [4.78, 5) is 16.6. The molecule has 2 aromatic rings. The molecule has 22 heavy (non-hydrogen) atoms. The number of carbonyl (C=O) groups excluding carboxylic acids is 1. The number of benzene rings is 1. The highest BCUT2D eigenvalue weighted by Gasteiger charge is 2.17. The fourth-order valence-electron chi connectivity index (χ4n) is 2.29. The number of unbranched alkanes of at least 4 members (excludes halogenated alkanes) is 1. The van der Waals surface area contributed by atoms with Gasteiger partial charge in [0.25, 0.3) is 0 Å². The molecule has 1 heterocycles. The molecule has 4 heteroatoms. The summed E-state index contributed by atoms with van der Waals surface area (Å²) in [5, 5.41) is 3.08. The lowest BCUT2D eigenvalue weighted by Crippen LogP contribution is -2.29. The van der Waals surface area contributed by atoms with E-state index in [1.165, 1.54) is 0 Å². The van der Waals surface area contributed by atoms with Gasteiger partial charge in [-0.3, -0.25) is 9.78 Å². The summed E-state index contributed by atoms with van der Waals surface area (Å²) >= 11 is 0. The van der Waals surface area contributed by atoms with Crippen LogP contribution in [0.25, 0.3) is 0 Å². The molecule has 1 N–H and O–H groups in total. The highest BCUT2D eigenvalue weighted by atomic mass is 16.5. The van der Waals surface area contributed by atoms with Crippen LogP contribution in [0.2, 0.25) is 0 Å². The van der Waals surface area contributed by atoms with Crippen LogP contribution in [0.4, 0.5) is 0 Å². The summed E-state index contributed by atoms with van der Waals surface area (Å²) in [7, 11) is 1.67. The minimum atomic E-state index is -0.211. The first-order valence-corrected chi connectivity index (χ1v) is 7.55. The Balaban J connectivity index is 2.04. The SMILES string of the molecule is COCCCCC(=O)NC(c1ccccc1)c1ccccn1. The molecule has 0 bridgehead atoms. The fraction of sp³-hybridized carbons (Fsp3) is 0.333. The van der Waals surface area contributed by atoms with E-state index in [4.69, 9.17) is 4.74 Å². The van der Waals surface area contributed by atoms with E-state index in [9.17, 15) is 4.79 Å². The number of methoxy groups -OCH3 is 1. The molecule has 0 radical (unpaired) electrons. The van der Waals surface area contributed by atoms with Crippen molar-refractivity contribution >= 4 is 5.91 Å². The number of rotatable bonds is 8. The van der Waals surface area contributed by atoms with Crippen molar-refractivity contribution in [3.8, 4) is 0 Å². The van der Waals surface area contributed by atoms with Crippen LogP contribution in [0.5, 0.6) is 0 Å². The molecule has 0 fully saturated rings. The molecule has 0 aliphatic carbocycles. The third kappa shape index (κ3) is 4.97. The van der Waals surface area contributed by atoms with Crippen LogP contribution < -0.4 is 5.32 Å². The number of amides is 1.